The molecule has 0 aliphatic rings. The number of carbonyl (C=O) groups is 1. The Morgan fingerprint density at radius 1 is 1.53 bits per heavy atom. The van der Waals surface area contributed by atoms with Crippen LogP contribution >= 0.6 is 0 Å². The van der Waals surface area contributed by atoms with Crippen molar-refractivity contribution in [2.24, 2.45) is 0 Å². The van der Waals surface area contributed by atoms with Gasteiger partial charge in [0.15, 0.2) is 0 Å². The van der Waals surface area contributed by atoms with Crippen molar-refractivity contribution in [3.8, 4) is 0 Å². The van der Waals surface area contributed by atoms with Crippen LogP contribution < -0.4 is 0 Å². The lowest BCUT2D eigenvalue weighted by Gasteiger charge is -2.15. The Kier molecular flexibility index (Phi) is 4.15. The minimum Gasteiger partial charge on any atom is -0.340 e. The van der Waals surface area contributed by atoms with E-state index in [0.29, 0.717) is 6.42 Å². The predicted octanol–water partition coefficient (Wildman–Crippen LogP) is 1.35. The Bertz CT molecular complexity index is 316. The summed E-state index contributed by atoms with van der Waals surface area (Å²) in [4.78, 5) is 15.9. The molecule has 0 fully saturated rings. The molecule has 1 aromatic heterocycles. The second-order valence-electron chi connectivity index (χ2n) is 3.13. The van der Waals surface area contributed by atoms with E-state index in [9.17, 15) is 13.6 Å². The fourth-order valence-electron chi connectivity index (χ4n) is 1.11. The van der Waals surface area contributed by atoms with Gasteiger partial charge in [-0.2, -0.15) is 8.78 Å². The highest BCUT2D eigenvalue weighted by Gasteiger charge is 2.19. The molecular weight excluding hydrogens is 202 g/mol. The van der Waals surface area contributed by atoms with Gasteiger partial charge in [0.25, 0.3) is 5.91 Å². The molecule has 0 saturated heterocycles. The van der Waals surface area contributed by atoms with E-state index in [-0.39, 0.29) is 6.54 Å². The van der Waals surface area contributed by atoms with Gasteiger partial charge in [0.2, 0.25) is 0 Å². The minimum atomic E-state index is -2.93. The first kappa shape index (κ1) is 11.6. The van der Waals surface area contributed by atoms with E-state index in [4.69, 9.17) is 0 Å². The third-order valence-corrected chi connectivity index (χ3v) is 1.99. The summed E-state index contributed by atoms with van der Waals surface area (Å²) in [6.45, 7) is 0.250. The maximum atomic E-state index is 12.0. The van der Waals surface area contributed by atoms with E-state index in [0.717, 1.165) is 10.6 Å². The van der Waals surface area contributed by atoms with Crippen LogP contribution in [0.1, 0.15) is 5.69 Å². The molecule has 0 N–H and O–H groups in total. The second-order valence-corrected chi connectivity index (χ2v) is 3.13. The first-order chi connectivity index (χ1) is 7.11. The van der Waals surface area contributed by atoms with Gasteiger partial charge in [-0.1, -0.05) is 6.07 Å². The molecule has 0 unspecified atom stereocenters. The lowest BCUT2D eigenvalue weighted by atomic mass is 10.2. The van der Waals surface area contributed by atoms with Crippen LogP contribution in [0.25, 0.3) is 0 Å². The van der Waals surface area contributed by atoms with Gasteiger partial charge in [0.1, 0.15) is 0 Å². The topological polar surface area (TPSA) is 33.2 Å². The summed E-state index contributed by atoms with van der Waals surface area (Å²) in [5.74, 6) is -1.15. The van der Waals surface area contributed by atoms with Crippen molar-refractivity contribution in [2.75, 3.05) is 13.6 Å². The van der Waals surface area contributed by atoms with Crippen LogP contribution in [0.15, 0.2) is 24.4 Å². The molecule has 1 amide bonds. The molecule has 0 saturated carbocycles. The van der Waals surface area contributed by atoms with E-state index in [1.807, 2.05) is 6.07 Å². The summed E-state index contributed by atoms with van der Waals surface area (Å²) < 4.78 is 24.0. The van der Waals surface area contributed by atoms with Crippen LogP contribution in [0, 0.1) is 0 Å². The van der Waals surface area contributed by atoms with Crippen LogP contribution in [0.4, 0.5) is 8.78 Å². The van der Waals surface area contributed by atoms with Gasteiger partial charge in [-0.3, -0.25) is 9.78 Å². The quantitative estimate of drug-likeness (QED) is 0.758. The lowest BCUT2D eigenvalue weighted by Crippen LogP contribution is -2.33. The van der Waals surface area contributed by atoms with Crippen LogP contribution in [0.5, 0.6) is 0 Å². The molecule has 1 aromatic rings. The fourth-order valence-corrected chi connectivity index (χ4v) is 1.11. The molecule has 0 spiro atoms. The van der Waals surface area contributed by atoms with E-state index >= 15 is 0 Å². The number of carbonyl (C=O) groups excluding carboxylic acids is 1. The van der Waals surface area contributed by atoms with E-state index in [1.165, 1.54) is 7.05 Å². The summed E-state index contributed by atoms with van der Waals surface area (Å²) in [5, 5.41) is 0. The molecule has 82 valence electrons. The summed E-state index contributed by atoms with van der Waals surface area (Å²) in [6.07, 6.45) is -0.821. The monoisotopic (exact) mass is 214 g/mol. The normalized spacial score (nSPS) is 10.4. The number of likely N-dealkylation sites (N-methyl/N-ethyl adjacent to an activating group) is 1. The molecule has 1 rings (SSSR count). The molecule has 0 aromatic carbocycles. The number of halogens is 2. The van der Waals surface area contributed by atoms with E-state index in [2.05, 4.69) is 4.98 Å². The van der Waals surface area contributed by atoms with Crippen molar-refractivity contribution in [2.45, 2.75) is 12.8 Å². The Morgan fingerprint density at radius 2 is 2.27 bits per heavy atom. The van der Waals surface area contributed by atoms with Gasteiger partial charge in [0.05, 0.1) is 0 Å². The van der Waals surface area contributed by atoms with Crippen LogP contribution in [0.3, 0.4) is 0 Å². The highest BCUT2D eigenvalue weighted by molar-refractivity contribution is 5.78. The Balaban J connectivity index is 2.41. The Hall–Kier alpha value is -1.52. The largest absolute Gasteiger partial charge is 0.340 e. The summed E-state index contributed by atoms with van der Waals surface area (Å²) in [7, 11) is 1.36. The standard InChI is InChI=1S/C10H12F2N2O/c1-14(10(15)9(11)12)7-5-8-4-2-3-6-13-8/h2-4,6,9H,5,7H2,1H3. The second kappa shape index (κ2) is 5.38. The molecule has 0 radical (unpaired) electrons. The fraction of sp³-hybridized carbons (Fsp3) is 0.400. The molecule has 0 aliphatic heterocycles. The molecule has 0 aliphatic carbocycles. The van der Waals surface area contributed by atoms with Crippen LogP contribution in [-0.4, -0.2) is 35.8 Å². The van der Waals surface area contributed by atoms with E-state index in [1.54, 1.807) is 18.3 Å². The van der Waals surface area contributed by atoms with Crippen molar-refractivity contribution in [3.05, 3.63) is 30.1 Å². The zero-order valence-corrected chi connectivity index (χ0v) is 8.36. The predicted molar refractivity (Wildman–Crippen MR) is 51.6 cm³/mol. The third kappa shape index (κ3) is 3.61. The molecule has 15 heavy (non-hydrogen) atoms. The Morgan fingerprint density at radius 3 is 2.80 bits per heavy atom. The first-order valence-electron chi connectivity index (χ1n) is 4.54. The molecule has 1 heterocycles. The summed E-state index contributed by atoms with van der Waals surface area (Å²) >= 11 is 0. The van der Waals surface area contributed by atoms with Gasteiger partial charge in [-0.15, -0.1) is 0 Å². The number of alkyl halides is 2. The van der Waals surface area contributed by atoms with Crippen molar-refractivity contribution in [3.63, 3.8) is 0 Å². The summed E-state index contributed by atoms with van der Waals surface area (Å²) in [6, 6.07) is 5.38. The zero-order valence-electron chi connectivity index (χ0n) is 8.36. The van der Waals surface area contributed by atoms with Gasteiger partial charge in [-0.25, -0.2) is 0 Å². The van der Waals surface area contributed by atoms with E-state index < -0.39 is 12.3 Å². The SMILES string of the molecule is CN(CCc1ccccn1)C(=O)C(F)F. The highest BCUT2D eigenvalue weighted by Crippen LogP contribution is 2.01. The maximum absolute atomic E-state index is 12.0. The van der Waals surface area contributed by atoms with Crippen molar-refractivity contribution < 1.29 is 13.6 Å². The highest BCUT2D eigenvalue weighted by atomic mass is 19.3. The van der Waals surface area contributed by atoms with Crippen LogP contribution in [-0.2, 0) is 11.2 Å². The smallest absolute Gasteiger partial charge is 0.315 e. The number of hydrogen-bond acceptors (Lipinski definition) is 2. The molecular formula is C10H12F2N2O. The number of hydrogen-bond donors (Lipinski definition) is 0. The molecule has 5 heteroatoms. The number of amides is 1. The Labute approximate surface area is 86.7 Å². The average molecular weight is 214 g/mol. The third-order valence-electron chi connectivity index (χ3n) is 1.99. The molecule has 0 atom stereocenters. The maximum Gasteiger partial charge on any atom is 0.315 e. The number of rotatable bonds is 4. The van der Waals surface area contributed by atoms with Gasteiger partial charge in [0, 0.05) is 31.9 Å². The number of pyridine rings is 1. The van der Waals surface area contributed by atoms with Crippen molar-refractivity contribution in [1.82, 2.24) is 9.88 Å². The van der Waals surface area contributed by atoms with Gasteiger partial charge >= 0.3 is 6.43 Å². The van der Waals surface area contributed by atoms with Crippen molar-refractivity contribution in [1.29, 1.82) is 0 Å². The average Bonchev–Trinajstić information content (AvgIpc) is 2.26. The molecule has 3 nitrogen and oxygen atoms in total. The summed E-state index contributed by atoms with van der Waals surface area (Å²) in [5.41, 5.74) is 0.784. The van der Waals surface area contributed by atoms with Gasteiger partial charge in [-0.05, 0) is 12.1 Å². The minimum absolute atomic E-state index is 0.250. The zero-order chi connectivity index (χ0) is 11.3. The number of aromatic nitrogens is 1. The molecule has 0 bridgehead atoms. The lowest BCUT2D eigenvalue weighted by molar-refractivity contribution is -0.141. The van der Waals surface area contributed by atoms with Crippen LogP contribution in [0.2, 0.25) is 0 Å². The number of nitrogens with zero attached hydrogens (tertiary/aromatic N) is 2. The van der Waals surface area contributed by atoms with Gasteiger partial charge < -0.3 is 4.90 Å². The first-order valence-corrected chi connectivity index (χ1v) is 4.54. The van der Waals surface area contributed by atoms with Crippen molar-refractivity contribution >= 4 is 5.91 Å².